The number of carbonyl (C=O) groups excluding carboxylic acids is 3. The van der Waals surface area contributed by atoms with Gasteiger partial charge >= 0.3 is 11.9 Å². The molecule has 0 spiro atoms. The zero-order valence-corrected chi connectivity index (χ0v) is 24.5. The second kappa shape index (κ2) is 15.7. The molecule has 1 fully saturated rings. The van der Waals surface area contributed by atoms with Crippen LogP contribution in [0.5, 0.6) is 0 Å². The number of rotatable bonds is 12. The molecule has 2 aromatic rings. The first-order valence-electron chi connectivity index (χ1n) is 12.6. The van der Waals surface area contributed by atoms with Crippen molar-refractivity contribution < 1.29 is 38.1 Å². The van der Waals surface area contributed by atoms with E-state index in [1.807, 2.05) is 6.07 Å². The van der Waals surface area contributed by atoms with Crippen LogP contribution in [-0.4, -0.2) is 64.7 Å². The topological polar surface area (TPSA) is 170 Å². The van der Waals surface area contributed by atoms with Gasteiger partial charge in [0.15, 0.2) is 6.10 Å². The molecule has 0 unspecified atom stereocenters. The van der Waals surface area contributed by atoms with Crippen LogP contribution in [0.2, 0.25) is 0 Å². The highest BCUT2D eigenvalue weighted by atomic mass is 35.6. The lowest BCUT2D eigenvalue weighted by Crippen LogP contribution is -2.61. The molecule has 224 valence electrons. The first-order valence-corrected chi connectivity index (χ1v) is 13.7. The van der Waals surface area contributed by atoms with E-state index in [1.165, 1.54) is 6.92 Å². The van der Waals surface area contributed by atoms with Gasteiger partial charge in [-0.05, 0) is 30.2 Å². The van der Waals surface area contributed by atoms with Gasteiger partial charge in [0, 0.05) is 11.3 Å². The molecule has 5 atom stereocenters. The summed E-state index contributed by atoms with van der Waals surface area (Å²) in [6, 6.07) is 15.7. The van der Waals surface area contributed by atoms with Gasteiger partial charge in [-0.2, -0.15) is 0 Å². The van der Waals surface area contributed by atoms with E-state index in [9.17, 15) is 19.9 Å². The van der Waals surface area contributed by atoms with Gasteiger partial charge in [0.2, 0.25) is 12.2 Å². The van der Waals surface area contributed by atoms with Crippen molar-refractivity contribution in [3.8, 4) is 0 Å². The van der Waals surface area contributed by atoms with Crippen LogP contribution in [0.1, 0.15) is 35.7 Å². The number of halogens is 3. The first kappa shape index (κ1) is 33.1. The Morgan fingerprint density at radius 2 is 1.64 bits per heavy atom. The Bertz CT molecular complexity index is 1290. The third-order valence-electron chi connectivity index (χ3n) is 5.91. The van der Waals surface area contributed by atoms with Crippen molar-refractivity contribution >= 4 is 58.4 Å². The van der Waals surface area contributed by atoms with Crippen LogP contribution in [0.4, 0.5) is 0 Å². The average Bonchev–Trinajstić information content (AvgIpc) is 2.96. The number of hydrogen-bond acceptors (Lipinski definition) is 10. The Morgan fingerprint density at radius 3 is 2.24 bits per heavy atom. The second-order valence-corrected chi connectivity index (χ2v) is 11.3. The number of benzene rings is 2. The molecular formula is C27H27Cl3N4O8. The Morgan fingerprint density at radius 1 is 1.00 bits per heavy atom. The van der Waals surface area contributed by atoms with Gasteiger partial charge in [-0.15, -0.1) is 0 Å². The number of azide groups is 1. The smallest absolute Gasteiger partial charge is 0.338 e. The van der Waals surface area contributed by atoms with E-state index < -0.39 is 58.9 Å². The largest absolute Gasteiger partial charge is 0.459 e. The molecule has 0 radical (unpaired) electrons. The van der Waals surface area contributed by atoms with Gasteiger partial charge < -0.3 is 28.5 Å². The fourth-order valence-electron chi connectivity index (χ4n) is 3.89. The predicted molar refractivity (Wildman–Crippen MR) is 152 cm³/mol. The maximum Gasteiger partial charge on any atom is 0.338 e. The third kappa shape index (κ3) is 9.87. The molecule has 1 N–H and O–H groups in total. The molecule has 0 amide bonds. The van der Waals surface area contributed by atoms with E-state index in [0.29, 0.717) is 0 Å². The molecule has 0 saturated carbocycles. The fourth-order valence-corrected chi connectivity index (χ4v) is 4.03. The number of ketones is 1. The molecule has 42 heavy (non-hydrogen) atoms. The molecular weight excluding hydrogens is 615 g/mol. The molecule has 12 nitrogen and oxygen atoms in total. The van der Waals surface area contributed by atoms with Gasteiger partial charge in [-0.3, -0.25) is 10.2 Å². The van der Waals surface area contributed by atoms with Crippen molar-refractivity contribution in [2.24, 2.45) is 5.11 Å². The molecule has 3 rings (SSSR count). The lowest BCUT2D eigenvalue weighted by atomic mass is 9.96. The normalized spacial score (nSPS) is 21.9. The summed E-state index contributed by atoms with van der Waals surface area (Å²) < 4.78 is 26.3. The number of hydrogen-bond donors (Lipinski definition) is 1. The fraction of sp³-hybridized carbons (Fsp3) is 0.407. The molecule has 1 heterocycles. The van der Waals surface area contributed by atoms with Crippen LogP contribution in [0.25, 0.3) is 10.4 Å². The quantitative estimate of drug-likeness (QED) is 0.0604. The average molecular weight is 642 g/mol. The minimum absolute atomic E-state index is 0.0321. The maximum atomic E-state index is 12.8. The molecule has 0 bridgehead atoms. The number of carbonyl (C=O) groups is 3. The van der Waals surface area contributed by atoms with E-state index in [4.69, 9.17) is 63.9 Å². The summed E-state index contributed by atoms with van der Waals surface area (Å²) in [5, 5.41) is 11.8. The molecule has 15 heteroatoms. The van der Waals surface area contributed by atoms with Crippen molar-refractivity contribution in [3.63, 3.8) is 0 Å². The highest BCUT2D eigenvalue weighted by Gasteiger charge is 2.51. The van der Waals surface area contributed by atoms with Gasteiger partial charge in [0.05, 0.1) is 18.6 Å². The second-order valence-electron chi connectivity index (χ2n) is 9.07. The van der Waals surface area contributed by atoms with Gasteiger partial charge in [0.25, 0.3) is 3.79 Å². The monoisotopic (exact) mass is 640 g/mol. The lowest BCUT2D eigenvalue weighted by Gasteiger charge is -2.44. The third-order valence-corrected chi connectivity index (χ3v) is 6.43. The number of esters is 2. The van der Waals surface area contributed by atoms with E-state index in [0.717, 1.165) is 5.56 Å². The van der Waals surface area contributed by atoms with Gasteiger partial charge in [-0.1, -0.05) is 88.4 Å². The van der Waals surface area contributed by atoms with Crippen molar-refractivity contribution in [2.75, 3.05) is 6.61 Å². The van der Waals surface area contributed by atoms with E-state index in [1.54, 1.807) is 54.6 Å². The minimum atomic E-state index is -2.30. The summed E-state index contributed by atoms with van der Waals surface area (Å²) >= 11 is 17.4. The van der Waals surface area contributed by atoms with E-state index in [2.05, 4.69) is 10.0 Å². The highest BCUT2D eigenvalue weighted by molar-refractivity contribution is 6.76. The summed E-state index contributed by atoms with van der Waals surface area (Å²) in [6.45, 7) is 0.816. The zero-order chi connectivity index (χ0) is 30.7. The van der Waals surface area contributed by atoms with Crippen LogP contribution >= 0.6 is 34.8 Å². The summed E-state index contributed by atoms with van der Waals surface area (Å²) in [5.41, 5.74) is 10.3. The van der Waals surface area contributed by atoms with Crippen LogP contribution in [0.15, 0.2) is 65.8 Å². The zero-order valence-electron chi connectivity index (χ0n) is 22.2. The van der Waals surface area contributed by atoms with Gasteiger partial charge in [-0.25, -0.2) is 4.79 Å². The van der Waals surface area contributed by atoms with Crippen LogP contribution in [0.3, 0.4) is 0 Å². The maximum absolute atomic E-state index is 12.8. The molecule has 0 aliphatic carbocycles. The SMILES string of the molecule is CC(=O)CCC(=O)O[C@H]1[C@H](OCc2ccccc2)[C@@H](N=[N+]=[N-])[C@@H](OC(=N)C(Cl)(Cl)Cl)O[C@@H]1COC(=O)c1ccccc1. The van der Waals surface area contributed by atoms with Crippen molar-refractivity contribution in [3.05, 3.63) is 82.2 Å². The molecule has 0 aromatic heterocycles. The van der Waals surface area contributed by atoms with Crippen LogP contribution in [0, 0.1) is 5.41 Å². The molecule has 1 aliphatic heterocycles. The number of nitrogens with zero attached hydrogens (tertiary/aromatic N) is 3. The summed E-state index contributed by atoms with van der Waals surface area (Å²) in [6.07, 6.45) is -5.77. The Balaban J connectivity index is 1.97. The number of alkyl halides is 3. The van der Waals surface area contributed by atoms with Crippen molar-refractivity contribution in [2.45, 2.75) is 60.8 Å². The Hall–Kier alpha value is -3.38. The lowest BCUT2D eigenvalue weighted by molar-refractivity contribution is -0.260. The van der Waals surface area contributed by atoms with Crippen LogP contribution < -0.4 is 0 Å². The molecule has 1 aliphatic rings. The standard InChI is InChI=1S/C27H27Cl3N4O8/c1-16(35)12-13-20(36)41-22-19(15-39-24(37)18-10-6-3-7-11-18)40-25(42-26(31)27(28,29)30)21(33-34-32)23(22)38-14-17-8-4-2-5-9-17/h2-11,19,21-23,25,31H,12-15H2,1H3/t19-,21-,22-,23-,25-/m1/s1. The van der Waals surface area contributed by atoms with Crippen molar-refractivity contribution in [1.29, 1.82) is 5.41 Å². The Labute approximate surface area is 256 Å². The Kier molecular flexibility index (Phi) is 12.4. The summed E-state index contributed by atoms with van der Waals surface area (Å²) in [7, 11) is 0. The number of nitrogens with one attached hydrogen (secondary N) is 1. The van der Waals surface area contributed by atoms with E-state index in [-0.39, 0.29) is 30.8 Å². The molecule has 2 aromatic carbocycles. The van der Waals surface area contributed by atoms with Gasteiger partial charge in [0.1, 0.15) is 30.6 Å². The summed E-state index contributed by atoms with van der Waals surface area (Å²) in [5.74, 6) is -2.57. The minimum Gasteiger partial charge on any atom is -0.459 e. The molecule has 1 saturated heterocycles. The number of Topliss-reactive ketones (excluding diaryl/α,β-unsaturated/α-hetero) is 1. The highest BCUT2D eigenvalue weighted by Crippen LogP contribution is 2.34. The van der Waals surface area contributed by atoms with Crippen LogP contribution in [-0.2, 0) is 39.9 Å². The van der Waals surface area contributed by atoms with E-state index >= 15 is 0 Å². The number of ether oxygens (including phenoxy) is 5. The predicted octanol–water partition coefficient (Wildman–Crippen LogP) is 5.48. The van der Waals surface area contributed by atoms with Crippen molar-refractivity contribution in [1.82, 2.24) is 0 Å². The summed E-state index contributed by atoms with van der Waals surface area (Å²) in [4.78, 5) is 39.8. The first-order chi connectivity index (χ1) is 20.0.